The van der Waals surface area contributed by atoms with Crippen LogP contribution in [0.2, 0.25) is 0 Å². The highest BCUT2D eigenvalue weighted by atomic mass is 16.5. The molecule has 0 aliphatic carbocycles. The summed E-state index contributed by atoms with van der Waals surface area (Å²) in [5, 5.41) is 8.22. The van der Waals surface area contributed by atoms with Crippen molar-refractivity contribution in [1.82, 2.24) is 20.0 Å². The van der Waals surface area contributed by atoms with Gasteiger partial charge in [0.05, 0.1) is 23.6 Å². The normalized spacial score (nSPS) is 18.3. The maximum absolute atomic E-state index is 13.0. The predicted molar refractivity (Wildman–Crippen MR) is 130 cm³/mol. The molecule has 34 heavy (non-hydrogen) atoms. The van der Waals surface area contributed by atoms with Crippen LogP contribution >= 0.6 is 0 Å². The maximum Gasteiger partial charge on any atom is 0.274 e. The van der Waals surface area contributed by atoms with Crippen molar-refractivity contribution >= 4 is 22.6 Å². The zero-order chi connectivity index (χ0) is 24.4. The van der Waals surface area contributed by atoms with E-state index in [4.69, 9.17) is 4.74 Å². The van der Waals surface area contributed by atoms with Crippen molar-refractivity contribution in [3.63, 3.8) is 0 Å². The Kier molecular flexibility index (Phi) is 6.79. The lowest BCUT2D eigenvalue weighted by molar-refractivity contribution is -0.0586. The molecule has 2 heterocycles. The summed E-state index contributed by atoms with van der Waals surface area (Å²) in [7, 11) is 0. The first-order valence-corrected chi connectivity index (χ1v) is 11.6. The number of fused-ring (bicyclic) bond motifs is 1. The summed E-state index contributed by atoms with van der Waals surface area (Å²) < 4.78 is 7.05. The Bertz CT molecular complexity index is 1260. The molecule has 1 aliphatic rings. The summed E-state index contributed by atoms with van der Waals surface area (Å²) >= 11 is 0. The van der Waals surface area contributed by atoms with Crippen LogP contribution < -0.4 is 10.9 Å². The Labute approximate surface area is 198 Å². The van der Waals surface area contributed by atoms with Crippen molar-refractivity contribution in [3.05, 3.63) is 75.7 Å². The molecule has 1 fully saturated rings. The van der Waals surface area contributed by atoms with Crippen LogP contribution in [0.4, 0.5) is 0 Å². The van der Waals surface area contributed by atoms with E-state index >= 15 is 0 Å². The van der Waals surface area contributed by atoms with Gasteiger partial charge in [-0.25, -0.2) is 4.68 Å². The molecular weight excluding hydrogens is 432 g/mol. The van der Waals surface area contributed by atoms with E-state index in [0.29, 0.717) is 29.4 Å². The number of benzene rings is 2. The van der Waals surface area contributed by atoms with Crippen LogP contribution in [0.15, 0.2) is 53.3 Å². The van der Waals surface area contributed by atoms with Gasteiger partial charge in [-0.1, -0.05) is 30.3 Å². The van der Waals surface area contributed by atoms with E-state index in [1.165, 1.54) is 4.68 Å². The van der Waals surface area contributed by atoms with Gasteiger partial charge in [-0.05, 0) is 51.5 Å². The van der Waals surface area contributed by atoms with Crippen molar-refractivity contribution in [3.8, 4) is 0 Å². The second-order valence-corrected chi connectivity index (χ2v) is 9.08. The van der Waals surface area contributed by atoms with Crippen LogP contribution in [-0.4, -0.2) is 51.8 Å². The summed E-state index contributed by atoms with van der Waals surface area (Å²) in [6.45, 7) is 9.05. The number of nitrogens with zero attached hydrogens (tertiary/aromatic N) is 3. The first-order valence-electron chi connectivity index (χ1n) is 11.6. The quantitative estimate of drug-likeness (QED) is 0.629. The molecule has 2 aromatic carbocycles. The molecule has 4 rings (SSSR count). The monoisotopic (exact) mass is 462 g/mol. The highest BCUT2D eigenvalue weighted by Crippen LogP contribution is 2.17. The highest BCUT2D eigenvalue weighted by molar-refractivity contribution is 6.04. The van der Waals surface area contributed by atoms with Gasteiger partial charge in [0.1, 0.15) is 0 Å². The first-order chi connectivity index (χ1) is 16.2. The van der Waals surface area contributed by atoms with Gasteiger partial charge in [0.25, 0.3) is 17.4 Å². The molecule has 1 saturated heterocycles. The summed E-state index contributed by atoms with van der Waals surface area (Å²) in [6, 6.07) is 14.1. The van der Waals surface area contributed by atoms with E-state index < -0.39 is 0 Å². The Morgan fingerprint density at radius 2 is 1.65 bits per heavy atom. The number of ether oxygens (including phenoxy) is 1. The number of hydrogen-bond donors (Lipinski definition) is 1. The Balaban J connectivity index is 1.48. The molecule has 8 nitrogen and oxygen atoms in total. The average Bonchev–Trinajstić information content (AvgIpc) is 2.82. The van der Waals surface area contributed by atoms with E-state index in [1.807, 2.05) is 44.7 Å². The van der Waals surface area contributed by atoms with E-state index in [9.17, 15) is 14.4 Å². The summed E-state index contributed by atoms with van der Waals surface area (Å²) in [5.74, 6) is -0.383. The van der Waals surface area contributed by atoms with Gasteiger partial charge in [0.2, 0.25) is 0 Å². The van der Waals surface area contributed by atoms with Gasteiger partial charge in [0, 0.05) is 30.6 Å². The average molecular weight is 463 g/mol. The number of aromatic nitrogens is 2. The number of hydrogen-bond acceptors (Lipinski definition) is 5. The molecule has 0 bridgehead atoms. The Morgan fingerprint density at radius 3 is 2.26 bits per heavy atom. The molecule has 2 amide bonds. The molecule has 0 saturated carbocycles. The molecule has 1 aromatic heterocycles. The van der Waals surface area contributed by atoms with Gasteiger partial charge in [0.15, 0.2) is 5.69 Å². The lowest BCUT2D eigenvalue weighted by Crippen LogP contribution is -2.48. The van der Waals surface area contributed by atoms with Gasteiger partial charge < -0.3 is 15.0 Å². The number of carbonyl (C=O) groups is 2. The molecule has 1 N–H and O–H groups in total. The number of morpholine rings is 1. The molecule has 178 valence electrons. The van der Waals surface area contributed by atoms with Crippen molar-refractivity contribution < 1.29 is 14.3 Å². The zero-order valence-corrected chi connectivity index (χ0v) is 19.9. The number of nitrogens with one attached hydrogen (secondary N) is 1. The first kappa shape index (κ1) is 23.6. The summed E-state index contributed by atoms with van der Waals surface area (Å²) in [5.41, 5.74) is 1.46. The van der Waals surface area contributed by atoms with Crippen molar-refractivity contribution in [1.29, 1.82) is 0 Å². The molecular formula is C26H30N4O4. The fraction of sp³-hybridized carbons (Fsp3) is 0.385. The largest absolute Gasteiger partial charge is 0.372 e. The second kappa shape index (κ2) is 9.77. The fourth-order valence-corrected chi connectivity index (χ4v) is 4.28. The Hall–Kier alpha value is -3.52. The van der Waals surface area contributed by atoms with Crippen LogP contribution in [0.3, 0.4) is 0 Å². The van der Waals surface area contributed by atoms with Crippen LogP contribution in [0.25, 0.3) is 10.8 Å². The second-order valence-electron chi connectivity index (χ2n) is 9.08. The van der Waals surface area contributed by atoms with E-state index in [-0.39, 0.29) is 47.9 Å². The smallest absolute Gasteiger partial charge is 0.274 e. The lowest BCUT2D eigenvalue weighted by atomic mass is 10.1. The van der Waals surface area contributed by atoms with Crippen molar-refractivity contribution in [2.24, 2.45) is 0 Å². The third-order valence-corrected chi connectivity index (χ3v) is 5.89. The fourth-order valence-electron chi connectivity index (χ4n) is 4.28. The number of amides is 2. The zero-order valence-electron chi connectivity index (χ0n) is 19.9. The summed E-state index contributed by atoms with van der Waals surface area (Å²) in [4.78, 5) is 40.4. The van der Waals surface area contributed by atoms with E-state index in [1.54, 1.807) is 36.4 Å². The van der Waals surface area contributed by atoms with E-state index in [2.05, 4.69) is 10.4 Å². The molecule has 1 aliphatic heterocycles. The standard InChI is InChI=1S/C26H30N4O4/c1-16(2)30-26(33)22-8-6-5-7-21(22)23(28-30)24(31)27-13-19-9-11-20(12-10-19)25(32)29-14-17(3)34-18(4)15-29/h5-12,16-18H,13-15H2,1-4H3,(H,27,31). The molecule has 2 atom stereocenters. The molecule has 0 radical (unpaired) electrons. The van der Waals surface area contributed by atoms with Crippen LogP contribution in [0, 0.1) is 0 Å². The highest BCUT2D eigenvalue weighted by Gasteiger charge is 2.26. The molecule has 0 spiro atoms. The van der Waals surface area contributed by atoms with Gasteiger partial charge in [-0.2, -0.15) is 5.10 Å². The minimum absolute atomic E-state index is 0.0110. The Morgan fingerprint density at radius 1 is 1.03 bits per heavy atom. The number of carbonyl (C=O) groups excluding carboxylic acids is 2. The predicted octanol–water partition coefficient (Wildman–Crippen LogP) is 3.16. The SMILES string of the molecule is CC1CN(C(=O)c2ccc(CNC(=O)c3nn(C(C)C)c(=O)c4ccccc34)cc2)CC(C)O1. The van der Waals surface area contributed by atoms with Crippen molar-refractivity contribution in [2.75, 3.05) is 13.1 Å². The lowest BCUT2D eigenvalue weighted by Gasteiger charge is -2.35. The topological polar surface area (TPSA) is 93.5 Å². The number of rotatable bonds is 5. The van der Waals surface area contributed by atoms with Crippen LogP contribution in [-0.2, 0) is 11.3 Å². The molecule has 8 heteroatoms. The van der Waals surface area contributed by atoms with Crippen LogP contribution in [0.1, 0.15) is 60.1 Å². The van der Waals surface area contributed by atoms with Gasteiger partial charge >= 0.3 is 0 Å². The maximum atomic E-state index is 13.0. The van der Waals surface area contributed by atoms with Crippen LogP contribution in [0.5, 0.6) is 0 Å². The molecule has 2 unspecified atom stereocenters. The summed E-state index contributed by atoms with van der Waals surface area (Å²) in [6.07, 6.45) is 0.0221. The van der Waals surface area contributed by atoms with Gasteiger partial charge in [-0.3, -0.25) is 14.4 Å². The molecule has 3 aromatic rings. The minimum Gasteiger partial charge on any atom is -0.372 e. The third kappa shape index (κ3) is 4.87. The van der Waals surface area contributed by atoms with E-state index in [0.717, 1.165) is 5.56 Å². The minimum atomic E-state index is -0.359. The third-order valence-electron chi connectivity index (χ3n) is 5.89. The van der Waals surface area contributed by atoms with Gasteiger partial charge in [-0.15, -0.1) is 0 Å². The van der Waals surface area contributed by atoms with Crippen molar-refractivity contribution in [2.45, 2.75) is 52.5 Å².